The summed E-state index contributed by atoms with van der Waals surface area (Å²) in [5, 5.41) is 11.5. The summed E-state index contributed by atoms with van der Waals surface area (Å²) >= 11 is 0. The molecule has 1 amide bonds. The van der Waals surface area contributed by atoms with E-state index in [0.29, 0.717) is 26.1 Å². The summed E-state index contributed by atoms with van der Waals surface area (Å²) in [7, 11) is 1.61. The number of hydrogen-bond donors (Lipinski definition) is 2. The molecule has 0 aromatic heterocycles. The van der Waals surface area contributed by atoms with E-state index < -0.39 is 0 Å². The van der Waals surface area contributed by atoms with Gasteiger partial charge in [-0.1, -0.05) is 31.8 Å². The van der Waals surface area contributed by atoms with Crippen LogP contribution in [0.2, 0.25) is 0 Å². The minimum atomic E-state index is 0.0547. The zero-order valence-electron chi connectivity index (χ0n) is 13.0. The normalized spacial score (nSPS) is 13.2. The van der Waals surface area contributed by atoms with Crippen molar-refractivity contribution in [3.63, 3.8) is 0 Å². The monoisotopic (exact) mass is 287 g/mol. The Hall–Kier alpha value is -1.30. The smallest absolute Gasteiger partial charge is 0.225 e. The van der Waals surface area contributed by atoms with Gasteiger partial charge in [-0.2, -0.15) is 0 Å². The van der Waals surface area contributed by atoms with Gasteiger partial charge >= 0.3 is 0 Å². The SMILES string of the molecule is CCCCC(CC)C(=O)N(CCOC)CCC(N)=NO. The van der Waals surface area contributed by atoms with E-state index in [-0.39, 0.29) is 17.7 Å². The second-order valence-corrected chi connectivity index (χ2v) is 4.91. The van der Waals surface area contributed by atoms with Gasteiger partial charge in [0, 0.05) is 32.5 Å². The van der Waals surface area contributed by atoms with E-state index in [1.165, 1.54) is 0 Å². The molecule has 0 aromatic carbocycles. The zero-order valence-corrected chi connectivity index (χ0v) is 13.0. The Kier molecular flexibility index (Phi) is 10.8. The quantitative estimate of drug-likeness (QED) is 0.262. The van der Waals surface area contributed by atoms with Gasteiger partial charge in [0.2, 0.25) is 5.91 Å². The van der Waals surface area contributed by atoms with Gasteiger partial charge in [0.25, 0.3) is 0 Å². The predicted molar refractivity (Wildman–Crippen MR) is 79.8 cm³/mol. The zero-order chi connectivity index (χ0) is 15.4. The van der Waals surface area contributed by atoms with Gasteiger partial charge in [-0.05, 0) is 12.8 Å². The summed E-state index contributed by atoms with van der Waals surface area (Å²) in [6, 6.07) is 0. The van der Waals surface area contributed by atoms with Crippen LogP contribution >= 0.6 is 0 Å². The molecule has 0 spiro atoms. The summed E-state index contributed by atoms with van der Waals surface area (Å²) < 4.78 is 5.05. The van der Waals surface area contributed by atoms with Gasteiger partial charge in [-0.25, -0.2) is 0 Å². The van der Waals surface area contributed by atoms with Crippen LogP contribution < -0.4 is 5.73 Å². The van der Waals surface area contributed by atoms with Crippen LogP contribution in [0.3, 0.4) is 0 Å². The Morgan fingerprint density at radius 1 is 1.40 bits per heavy atom. The van der Waals surface area contributed by atoms with E-state index in [9.17, 15) is 4.79 Å². The van der Waals surface area contributed by atoms with E-state index >= 15 is 0 Å². The molecule has 6 heteroatoms. The van der Waals surface area contributed by atoms with Crippen molar-refractivity contribution in [1.29, 1.82) is 0 Å². The van der Waals surface area contributed by atoms with Crippen molar-refractivity contribution in [1.82, 2.24) is 4.90 Å². The van der Waals surface area contributed by atoms with E-state index in [2.05, 4.69) is 12.1 Å². The van der Waals surface area contributed by atoms with Crippen molar-refractivity contribution in [2.75, 3.05) is 26.8 Å². The number of oxime groups is 1. The van der Waals surface area contributed by atoms with Crippen LogP contribution in [0.5, 0.6) is 0 Å². The van der Waals surface area contributed by atoms with Crippen molar-refractivity contribution in [2.45, 2.75) is 46.0 Å². The Labute approximate surface area is 122 Å². The third-order valence-corrected chi connectivity index (χ3v) is 3.39. The molecule has 0 rings (SSSR count). The Balaban J connectivity index is 4.58. The Morgan fingerprint density at radius 2 is 2.10 bits per heavy atom. The molecule has 0 radical (unpaired) electrons. The lowest BCUT2D eigenvalue weighted by molar-refractivity contribution is -0.136. The minimum absolute atomic E-state index is 0.0547. The van der Waals surface area contributed by atoms with E-state index in [1.807, 2.05) is 6.92 Å². The highest BCUT2D eigenvalue weighted by atomic mass is 16.5. The van der Waals surface area contributed by atoms with Crippen LogP contribution in [0.25, 0.3) is 0 Å². The highest BCUT2D eigenvalue weighted by Gasteiger charge is 2.22. The number of methoxy groups -OCH3 is 1. The largest absolute Gasteiger partial charge is 0.409 e. The fourth-order valence-electron chi connectivity index (χ4n) is 2.04. The first-order valence-electron chi connectivity index (χ1n) is 7.34. The highest BCUT2D eigenvalue weighted by Crippen LogP contribution is 2.16. The summed E-state index contributed by atoms with van der Waals surface area (Å²) in [5.74, 6) is 0.338. The summed E-state index contributed by atoms with van der Waals surface area (Å²) in [6.45, 7) is 5.65. The van der Waals surface area contributed by atoms with E-state index in [4.69, 9.17) is 15.7 Å². The molecular formula is C14H29N3O3. The topological polar surface area (TPSA) is 88.2 Å². The molecule has 0 saturated heterocycles. The number of nitrogens with two attached hydrogens (primary N) is 1. The molecule has 118 valence electrons. The Bertz CT molecular complexity index is 295. The average molecular weight is 287 g/mol. The molecule has 20 heavy (non-hydrogen) atoms. The number of nitrogens with zero attached hydrogens (tertiary/aromatic N) is 2. The molecule has 0 fully saturated rings. The average Bonchev–Trinajstić information content (AvgIpc) is 2.47. The summed E-state index contributed by atoms with van der Waals surface area (Å²) in [4.78, 5) is 14.3. The number of hydrogen-bond acceptors (Lipinski definition) is 4. The summed E-state index contributed by atoms with van der Waals surface area (Å²) in [5.41, 5.74) is 5.47. The third kappa shape index (κ3) is 7.33. The van der Waals surface area contributed by atoms with Crippen LogP contribution in [0.15, 0.2) is 5.16 Å². The fraction of sp³-hybridized carbons (Fsp3) is 0.857. The number of unbranched alkanes of at least 4 members (excludes halogenated alkanes) is 1. The van der Waals surface area contributed by atoms with Crippen molar-refractivity contribution in [3.8, 4) is 0 Å². The third-order valence-electron chi connectivity index (χ3n) is 3.39. The number of carbonyl (C=O) groups is 1. The maximum atomic E-state index is 12.5. The van der Waals surface area contributed by atoms with Crippen molar-refractivity contribution >= 4 is 11.7 Å². The minimum Gasteiger partial charge on any atom is -0.409 e. The lowest BCUT2D eigenvalue weighted by Gasteiger charge is -2.26. The second-order valence-electron chi connectivity index (χ2n) is 4.91. The molecule has 0 aliphatic heterocycles. The Morgan fingerprint density at radius 3 is 2.60 bits per heavy atom. The molecular weight excluding hydrogens is 258 g/mol. The maximum Gasteiger partial charge on any atom is 0.225 e. The first-order valence-corrected chi connectivity index (χ1v) is 7.34. The maximum absolute atomic E-state index is 12.5. The first kappa shape index (κ1) is 18.7. The molecule has 0 aromatic rings. The van der Waals surface area contributed by atoms with Crippen LogP contribution in [0, 0.1) is 5.92 Å². The van der Waals surface area contributed by atoms with E-state index in [1.54, 1.807) is 12.0 Å². The number of carbonyl (C=O) groups excluding carboxylic acids is 1. The van der Waals surface area contributed by atoms with Gasteiger partial charge < -0.3 is 20.6 Å². The lowest BCUT2D eigenvalue weighted by atomic mass is 9.97. The van der Waals surface area contributed by atoms with Crippen LogP contribution in [-0.4, -0.2) is 48.7 Å². The molecule has 0 saturated carbocycles. The lowest BCUT2D eigenvalue weighted by Crippen LogP contribution is -2.40. The predicted octanol–water partition coefficient (Wildman–Crippen LogP) is 1.81. The standard InChI is InChI=1S/C14H29N3O3/c1-4-6-7-12(5-2)14(18)17(10-11-20-3)9-8-13(15)16-19/h12,19H,4-11H2,1-3H3,(H2,15,16). The van der Waals surface area contributed by atoms with Gasteiger partial charge in [0.1, 0.15) is 5.84 Å². The van der Waals surface area contributed by atoms with Crippen molar-refractivity contribution < 1.29 is 14.7 Å². The number of rotatable bonds is 11. The van der Waals surface area contributed by atoms with E-state index in [0.717, 1.165) is 25.7 Å². The van der Waals surface area contributed by atoms with Gasteiger partial charge in [0.05, 0.1) is 6.61 Å². The molecule has 1 atom stereocenters. The number of amidine groups is 1. The fourth-order valence-corrected chi connectivity index (χ4v) is 2.04. The highest BCUT2D eigenvalue weighted by molar-refractivity contribution is 5.82. The molecule has 3 N–H and O–H groups in total. The number of amides is 1. The number of ether oxygens (including phenoxy) is 1. The molecule has 6 nitrogen and oxygen atoms in total. The molecule has 1 unspecified atom stereocenters. The summed E-state index contributed by atoms with van der Waals surface area (Å²) in [6.07, 6.45) is 4.27. The second kappa shape index (κ2) is 11.5. The first-order chi connectivity index (χ1) is 9.60. The van der Waals surface area contributed by atoms with Gasteiger partial charge in [0.15, 0.2) is 0 Å². The van der Waals surface area contributed by atoms with Gasteiger partial charge in [-0.15, -0.1) is 0 Å². The molecule has 0 aliphatic rings. The van der Waals surface area contributed by atoms with Gasteiger partial charge in [-0.3, -0.25) is 4.79 Å². The van der Waals surface area contributed by atoms with Crippen molar-refractivity contribution in [3.05, 3.63) is 0 Å². The van der Waals surface area contributed by atoms with Crippen LogP contribution in [-0.2, 0) is 9.53 Å². The van der Waals surface area contributed by atoms with Crippen LogP contribution in [0.4, 0.5) is 0 Å². The molecule has 0 aliphatic carbocycles. The van der Waals surface area contributed by atoms with Crippen molar-refractivity contribution in [2.24, 2.45) is 16.8 Å². The van der Waals surface area contributed by atoms with Crippen LogP contribution in [0.1, 0.15) is 46.0 Å². The molecule has 0 heterocycles. The molecule has 0 bridgehead atoms.